The molecule has 2 N–H and O–H groups in total. The van der Waals surface area contributed by atoms with Gasteiger partial charge in [0.2, 0.25) is 0 Å². The van der Waals surface area contributed by atoms with Crippen molar-refractivity contribution in [2.45, 2.75) is 6.92 Å². The van der Waals surface area contributed by atoms with E-state index >= 15 is 0 Å². The number of methoxy groups -OCH3 is 1. The maximum absolute atomic E-state index is 11.9. The van der Waals surface area contributed by atoms with E-state index in [1.54, 1.807) is 48.5 Å². The van der Waals surface area contributed by atoms with Gasteiger partial charge in [-0.3, -0.25) is 19.2 Å². The summed E-state index contributed by atoms with van der Waals surface area (Å²) in [7, 11) is 1.52. The predicted octanol–water partition coefficient (Wildman–Crippen LogP) is 1.81. The average Bonchev–Trinajstić information content (AvgIpc) is 2.71. The molecular weight excluding hydrogens is 364 g/mol. The van der Waals surface area contributed by atoms with Crippen LogP contribution in [0.4, 0.5) is 5.69 Å². The zero-order valence-electron chi connectivity index (χ0n) is 15.5. The Bertz CT molecular complexity index is 859. The van der Waals surface area contributed by atoms with Gasteiger partial charge in [0.1, 0.15) is 12.3 Å². The Morgan fingerprint density at radius 3 is 2.07 bits per heavy atom. The molecule has 146 valence electrons. The van der Waals surface area contributed by atoms with E-state index in [-0.39, 0.29) is 12.3 Å². The van der Waals surface area contributed by atoms with Gasteiger partial charge in [-0.15, -0.1) is 0 Å². The molecule has 0 aliphatic carbocycles. The van der Waals surface area contributed by atoms with E-state index in [2.05, 4.69) is 10.6 Å². The molecule has 2 rings (SSSR count). The maximum Gasteiger partial charge on any atom is 0.325 e. The predicted molar refractivity (Wildman–Crippen MR) is 101 cm³/mol. The Balaban J connectivity index is 1.72. The first-order valence-corrected chi connectivity index (χ1v) is 8.38. The number of carbonyl (C=O) groups excluding carboxylic acids is 4. The average molecular weight is 384 g/mol. The monoisotopic (exact) mass is 384 g/mol. The summed E-state index contributed by atoms with van der Waals surface area (Å²) >= 11 is 0. The number of rotatable bonds is 8. The maximum atomic E-state index is 11.9. The Labute approximate surface area is 161 Å². The molecule has 0 unspecified atom stereocenters. The fraction of sp³-hybridized carbons (Fsp3) is 0.200. The minimum atomic E-state index is -0.746. The number of esters is 1. The van der Waals surface area contributed by atoms with E-state index in [1.807, 2.05) is 0 Å². The van der Waals surface area contributed by atoms with Crippen LogP contribution in [0.15, 0.2) is 48.5 Å². The number of ketones is 1. The quantitative estimate of drug-likeness (QED) is 0.530. The number of hydrogen-bond acceptors (Lipinski definition) is 6. The van der Waals surface area contributed by atoms with Gasteiger partial charge in [0, 0.05) is 16.8 Å². The Kier molecular flexibility index (Phi) is 7.27. The van der Waals surface area contributed by atoms with Crippen molar-refractivity contribution in [2.24, 2.45) is 0 Å². The third kappa shape index (κ3) is 6.24. The van der Waals surface area contributed by atoms with E-state index < -0.39 is 24.4 Å². The molecule has 8 nitrogen and oxygen atoms in total. The van der Waals surface area contributed by atoms with Gasteiger partial charge in [-0.05, 0) is 55.5 Å². The van der Waals surface area contributed by atoms with Crippen molar-refractivity contribution in [1.29, 1.82) is 0 Å². The molecule has 0 aliphatic rings. The van der Waals surface area contributed by atoms with Crippen molar-refractivity contribution in [1.82, 2.24) is 5.32 Å². The lowest BCUT2D eigenvalue weighted by Crippen LogP contribution is -2.32. The molecule has 8 heteroatoms. The van der Waals surface area contributed by atoms with Crippen LogP contribution in [0.3, 0.4) is 0 Å². The lowest BCUT2D eigenvalue weighted by molar-refractivity contribution is -0.146. The molecule has 28 heavy (non-hydrogen) atoms. The molecule has 0 spiro atoms. The highest BCUT2D eigenvalue weighted by Crippen LogP contribution is 2.11. The number of amides is 2. The number of ether oxygens (including phenoxy) is 2. The lowest BCUT2D eigenvalue weighted by Gasteiger charge is -2.08. The summed E-state index contributed by atoms with van der Waals surface area (Å²) in [6, 6.07) is 12.7. The number of anilines is 1. The second-order valence-corrected chi connectivity index (χ2v) is 5.75. The van der Waals surface area contributed by atoms with Gasteiger partial charge in [-0.25, -0.2) is 0 Å². The first kappa shape index (κ1) is 20.6. The van der Waals surface area contributed by atoms with Crippen LogP contribution in [0.5, 0.6) is 5.75 Å². The Morgan fingerprint density at radius 2 is 1.50 bits per heavy atom. The molecule has 0 aliphatic heterocycles. The molecule has 2 aromatic rings. The van der Waals surface area contributed by atoms with Gasteiger partial charge in [0.25, 0.3) is 11.8 Å². The van der Waals surface area contributed by atoms with Crippen LogP contribution in [-0.2, 0) is 14.3 Å². The van der Waals surface area contributed by atoms with Crippen molar-refractivity contribution >= 4 is 29.3 Å². The molecule has 2 amide bonds. The standard InChI is InChI=1S/C20H20N2O6/c1-13(23)14-3-7-16(8-4-14)22-18(24)12-28-19(25)11-21-20(26)15-5-9-17(27-2)10-6-15/h3-10H,11-12H2,1-2H3,(H,21,26)(H,22,24). The highest BCUT2D eigenvalue weighted by molar-refractivity contribution is 5.97. The van der Waals surface area contributed by atoms with Gasteiger partial charge in [0.15, 0.2) is 12.4 Å². The molecule has 0 heterocycles. The number of nitrogens with one attached hydrogen (secondary N) is 2. The second kappa shape index (κ2) is 9.86. The van der Waals surface area contributed by atoms with E-state index in [1.165, 1.54) is 14.0 Å². The van der Waals surface area contributed by atoms with Crippen molar-refractivity contribution < 1.29 is 28.7 Å². The molecule has 0 atom stereocenters. The van der Waals surface area contributed by atoms with Crippen molar-refractivity contribution in [3.05, 3.63) is 59.7 Å². The van der Waals surface area contributed by atoms with E-state index in [4.69, 9.17) is 9.47 Å². The van der Waals surface area contributed by atoms with Crippen molar-refractivity contribution in [2.75, 3.05) is 25.6 Å². The van der Waals surface area contributed by atoms with Crippen LogP contribution in [0.25, 0.3) is 0 Å². The normalized spacial score (nSPS) is 9.93. The zero-order chi connectivity index (χ0) is 20.5. The highest BCUT2D eigenvalue weighted by atomic mass is 16.5. The van der Waals surface area contributed by atoms with Crippen LogP contribution in [0.1, 0.15) is 27.6 Å². The molecule has 0 fully saturated rings. The summed E-state index contributed by atoms with van der Waals surface area (Å²) in [5, 5.41) is 4.95. The van der Waals surface area contributed by atoms with Crippen LogP contribution >= 0.6 is 0 Å². The number of carbonyl (C=O) groups is 4. The topological polar surface area (TPSA) is 111 Å². The second-order valence-electron chi connectivity index (χ2n) is 5.75. The van der Waals surface area contributed by atoms with Gasteiger partial charge < -0.3 is 20.1 Å². The molecule has 0 aromatic heterocycles. The molecule has 0 saturated heterocycles. The molecule has 0 bridgehead atoms. The van der Waals surface area contributed by atoms with Gasteiger partial charge in [0.05, 0.1) is 7.11 Å². The largest absolute Gasteiger partial charge is 0.497 e. The van der Waals surface area contributed by atoms with Crippen LogP contribution in [0.2, 0.25) is 0 Å². The number of benzene rings is 2. The molecular formula is C20H20N2O6. The minimum Gasteiger partial charge on any atom is -0.497 e. The van der Waals surface area contributed by atoms with Crippen molar-refractivity contribution in [3.63, 3.8) is 0 Å². The minimum absolute atomic E-state index is 0.0801. The number of hydrogen-bond donors (Lipinski definition) is 2. The molecule has 2 aromatic carbocycles. The highest BCUT2D eigenvalue weighted by Gasteiger charge is 2.11. The smallest absolute Gasteiger partial charge is 0.325 e. The fourth-order valence-corrected chi connectivity index (χ4v) is 2.18. The summed E-state index contributed by atoms with van der Waals surface area (Å²) in [5.74, 6) is -1.20. The first-order valence-electron chi connectivity index (χ1n) is 8.38. The Morgan fingerprint density at radius 1 is 0.893 bits per heavy atom. The van der Waals surface area contributed by atoms with Gasteiger partial charge in [-0.2, -0.15) is 0 Å². The van der Waals surface area contributed by atoms with Crippen LogP contribution in [0, 0.1) is 0 Å². The van der Waals surface area contributed by atoms with Gasteiger partial charge in [-0.1, -0.05) is 0 Å². The third-order valence-corrected chi connectivity index (χ3v) is 3.68. The van der Waals surface area contributed by atoms with Crippen molar-refractivity contribution in [3.8, 4) is 5.75 Å². The summed E-state index contributed by atoms with van der Waals surface area (Å²) < 4.78 is 9.82. The Hall–Kier alpha value is -3.68. The zero-order valence-corrected chi connectivity index (χ0v) is 15.5. The van der Waals surface area contributed by atoms with E-state index in [0.717, 1.165) is 0 Å². The lowest BCUT2D eigenvalue weighted by atomic mass is 10.1. The van der Waals surface area contributed by atoms with Crippen LogP contribution < -0.4 is 15.4 Å². The summed E-state index contributed by atoms with van der Waals surface area (Å²) in [4.78, 5) is 46.6. The van der Waals surface area contributed by atoms with E-state index in [0.29, 0.717) is 22.6 Å². The fourth-order valence-electron chi connectivity index (χ4n) is 2.18. The molecule has 0 radical (unpaired) electrons. The van der Waals surface area contributed by atoms with Crippen LogP contribution in [-0.4, -0.2) is 43.8 Å². The molecule has 0 saturated carbocycles. The SMILES string of the molecule is COc1ccc(C(=O)NCC(=O)OCC(=O)Nc2ccc(C(C)=O)cc2)cc1. The van der Waals surface area contributed by atoms with Gasteiger partial charge >= 0.3 is 5.97 Å². The number of Topliss-reactive ketones (excluding diaryl/α,β-unsaturated/α-hetero) is 1. The third-order valence-electron chi connectivity index (χ3n) is 3.68. The summed E-state index contributed by atoms with van der Waals surface area (Å²) in [6.07, 6.45) is 0. The first-order chi connectivity index (χ1) is 13.4. The van der Waals surface area contributed by atoms with E-state index in [9.17, 15) is 19.2 Å². The summed E-state index contributed by atoms with van der Waals surface area (Å²) in [6.45, 7) is 0.581. The summed E-state index contributed by atoms with van der Waals surface area (Å²) in [5.41, 5.74) is 1.36.